The molecule has 2 amide bonds. The van der Waals surface area contributed by atoms with Gasteiger partial charge >= 0.3 is 0 Å². The largest absolute Gasteiger partial charge is 0.324 e. The van der Waals surface area contributed by atoms with Crippen molar-refractivity contribution < 1.29 is 18.0 Å². The van der Waals surface area contributed by atoms with Crippen molar-refractivity contribution in [3.63, 3.8) is 0 Å². The van der Waals surface area contributed by atoms with Crippen LogP contribution in [0.5, 0.6) is 0 Å². The molecule has 2 aromatic rings. The predicted molar refractivity (Wildman–Crippen MR) is 108 cm³/mol. The molecule has 2 aliphatic heterocycles. The molecule has 28 heavy (non-hydrogen) atoms. The van der Waals surface area contributed by atoms with Crippen LogP contribution in [-0.2, 0) is 21.2 Å². The Morgan fingerprint density at radius 2 is 2.04 bits per heavy atom. The van der Waals surface area contributed by atoms with Gasteiger partial charge in [0.05, 0.1) is 15.8 Å². The van der Waals surface area contributed by atoms with Crippen molar-refractivity contribution in [1.82, 2.24) is 4.72 Å². The van der Waals surface area contributed by atoms with E-state index in [2.05, 4.69) is 10.0 Å². The van der Waals surface area contributed by atoms with Crippen LogP contribution in [0, 0.1) is 0 Å². The molecule has 2 heterocycles. The Hall–Kier alpha value is -2.36. The molecule has 0 fully saturated rings. The first-order chi connectivity index (χ1) is 13.3. The SMILES string of the molecule is CNS(=O)(=O)c1ccc2c(c1)CCN2C(=O)c1ccc2c(c1)NC(=O)[C@@H](C)S2. The van der Waals surface area contributed by atoms with Gasteiger partial charge in [0.25, 0.3) is 5.91 Å². The number of carbonyl (C=O) groups is 2. The molecule has 2 N–H and O–H groups in total. The minimum Gasteiger partial charge on any atom is -0.324 e. The highest BCUT2D eigenvalue weighted by Crippen LogP contribution is 2.37. The van der Waals surface area contributed by atoms with Gasteiger partial charge in [-0.3, -0.25) is 9.59 Å². The molecule has 7 nitrogen and oxygen atoms in total. The molecule has 2 aromatic carbocycles. The van der Waals surface area contributed by atoms with Crippen LogP contribution in [0.3, 0.4) is 0 Å². The van der Waals surface area contributed by atoms with Crippen LogP contribution in [0.15, 0.2) is 46.2 Å². The van der Waals surface area contributed by atoms with E-state index in [1.165, 1.54) is 24.9 Å². The fraction of sp³-hybridized carbons (Fsp3) is 0.263. The lowest BCUT2D eigenvalue weighted by atomic mass is 10.1. The van der Waals surface area contributed by atoms with Gasteiger partial charge in [0.2, 0.25) is 15.9 Å². The summed E-state index contributed by atoms with van der Waals surface area (Å²) in [4.78, 5) is 27.7. The van der Waals surface area contributed by atoms with Crippen molar-refractivity contribution >= 4 is 45.0 Å². The average molecular weight is 418 g/mol. The summed E-state index contributed by atoms with van der Waals surface area (Å²) in [5, 5.41) is 2.68. The molecule has 146 valence electrons. The van der Waals surface area contributed by atoms with Gasteiger partial charge in [-0.2, -0.15) is 0 Å². The summed E-state index contributed by atoms with van der Waals surface area (Å²) >= 11 is 1.47. The average Bonchev–Trinajstić information content (AvgIpc) is 3.11. The van der Waals surface area contributed by atoms with E-state index < -0.39 is 10.0 Å². The van der Waals surface area contributed by atoms with Crippen LogP contribution < -0.4 is 14.9 Å². The second kappa shape index (κ2) is 6.91. The first-order valence-corrected chi connectivity index (χ1v) is 11.2. The zero-order chi connectivity index (χ0) is 20.1. The summed E-state index contributed by atoms with van der Waals surface area (Å²) in [5.74, 6) is -0.254. The third-order valence-corrected chi connectivity index (χ3v) is 7.52. The van der Waals surface area contributed by atoms with Crippen LogP contribution in [0.25, 0.3) is 0 Å². The number of sulfonamides is 1. The number of nitrogens with zero attached hydrogens (tertiary/aromatic N) is 1. The topological polar surface area (TPSA) is 95.6 Å². The second-order valence-electron chi connectivity index (χ2n) is 6.67. The van der Waals surface area contributed by atoms with Crippen molar-refractivity contribution in [1.29, 1.82) is 0 Å². The molecule has 9 heteroatoms. The summed E-state index contributed by atoms with van der Waals surface area (Å²) < 4.78 is 26.3. The lowest BCUT2D eigenvalue weighted by molar-refractivity contribution is -0.115. The van der Waals surface area contributed by atoms with Crippen LogP contribution in [0.4, 0.5) is 11.4 Å². The molecule has 0 radical (unpaired) electrons. The Morgan fingerprint density at radius 3 is 2.79 bits per heavy atom. The molecule has 4 rings (SSSR count). The van der Waals surface area contributed by atoms with Crippen molar-refractivity contribution in [2.24, 2.45) is 0 Å². The lowest BCUT2D eigenvalue weighted by Crippen LogP contribution is -2.30. The summed E-state index contributed by atoms with van der Waals surface area (Å²) in [6.07, 6.45) is 0.586. The number of thioether (sulfide) groups is 1. The Morgan fingerprint density at radius 1 is 1.25 bits per heavy atom. The number of hydrogen-bond acceptors (Lipinski definition) is 5. The quantitative estimate of drug-likeness (QED) is 0.799. The molecule has 0 bridgehead atoms. The number of fused-ring (bicyclic) bond motifs is 2. The molecule has 0 saturated carbocycles. The Bertz CT molecular complexity index is 1100. The van der Waals surface area contributed by atoms with Gasteiger partial charge in [-0.25, -0.2) is 13.1 Å². The van der Waals surface area contributed by atoms with E-state index >= 15 is 0 Å². The molecule has 0 spiro atoms. The second-order valence-corrected chi connectivity index (χ2v) is 9.93. The Balaban J connectivity index is 1.63. The highest BCUT2D eigenvalue weighted by atomic mass is 32.2. The van der Waals surface area contributed by atoms with Crippen molar-refractivity contribution in [3.8, 4) is 0 Å². The first-order valence-electron chi connectivity index (χ1n) is 8.80. The molecule has 1 atom stereocenters. The van der Waals surface area contributed by atoms with Gasteiger partial charge in [0.1, 0.15) is 0 Å². The van der Waals surface area contributed by atoms with E-state index in [4.69, 9.17) is 0 Å². The smallest absolute Gasteiger partial charge is 0.258 e. The lowest BCUT2D eigenvalue weighted by Gasteiger charge is -2.23. The third kappa shape index (κ3) is 3.19. The highest BCUT2D eigenvalue weighted by molar-refractivity contribution is 8.01. The van der Waals surface area contributed by atoms with Crippen LogP contribution in [-0.4, -0.2) is 39.1 Å². The first kappa shape index (κ1) is 19.0. The molecule has 0 aliphatic carbocycles. The Labute approximate surface area is 167 Å². The Kier molecular flexibility index (Phi) is 4.68. The van der Waals surface area contributed by atoms with Crippen molar-refractivity contribution in [3.05, 3.63) is 47.5 Å². The minimum atomic E-state index is -3.53. The molecule has 0 saturated heterocycles. The number of carbonyl (C=O) groups excluding carboxylic acids is 2. The summed E-state index contributed by atoms with van der Waals surface area (Å²) in [6, 6.07) is 10.1. The van der Waals surface area contributed by atoms with E-state index in [0.29, 0.717) is 29.9 Å². The van der Waals surface area contributed by atoms with Gasteiger partial charge in [-0.05, 0) is 62.4 Å². The van der Waals surface area contributed by atoms with E-state index in [1.54, 1.807) is 29.2 Å². The number of anilines is 2. The minimum absolute atomic E-state index is 0.0770. The van der Waals surface area contributed by atoms with Gasteiger partial charge < -0.3 is 10.2 Å². The van der Waals surface area contributed by atoms with E-state index in [0.717, 1.165) is 10.5 Å². The van der Waals surface area contributed by atoms with Crippen LogP contribution >= 0.6 is 11.8 Å². The zero-order valence-corrected chi connectivity index (χ0v) is 17.0. The fourth-order valence-corrected chi connectivity index (χ4v) is 5.08. The summed E-state index contributed by atoms with van der Waals surface area (Å²) in [6.45, 7) is 2.32. The number of rotatable bonds is 3. The maximum absolute atomic E-state index is 13.1. The number of amides is 2. The van der Waals surface area contributed by atoms with E-state index in [-0.39, 0.29) is 22.0 Å². The van der Waals surface area contributed by atoms with Crippen molar-refractivity contribution in [2.45, 2.75) is 28.4 Å². The maximum atomic E-state index is 13.1. The van der Waals surface area contributed by atoms with Crippen LogP contribution in [0.2, 0.25) is 0 Å². The molecular weight excluding hydrogens is 398 g/mol. The molecule has 0 unspecified atom stereocenters. The highest BCUT2D eigenvalue weighted by Gasteiger charge is 2.29. The van der Waals surface area contributed by atoms with Gasteiger partial charge in [-0.15, -0.1) is 11.8 Å². The van der Waals surface area contributed by atoms with Crippen molar-refractivity contribution in [2.75, 3.05) is 23.8 Å². The maximum Gasteiger partial charge on any atom is 0.258 e. The fourth-order valence-electron chi connectivity index (χ4n) is 3.37. The van der Waals surface area contributed by atoms with E-state index in [9.17, 15) is 18.0 Å². The summed E-state index contributed by atoms with van der Waals surface area (Å²) in [7, 11) is -2.16. The van der Waals surface area contributed by atoms with E-state index in [1.807, 2.05) is 13.0 Å². The molecule has 2 aliphatic rings. The van der Waals surface area contributed by atoms with Gasteiger partial charge in [-0.1, -0.05) is 0 Å². The zero-order valence-electron chi connectivity index (χ0n) is 15.4. The van der Waals surface area contributed by atoms with Crippen LogP contribution in [0.1, 0.15) is 22.8 Å². The number of benzene rings is 2. The normalized spacial score (nSPS) is 18.4. The standard InChI is InChI=1S/C19H19N3O4S2/c1-11-18(23)21-15-10-13(3-6-17(15)27-11)19(24)22-8-7-12-9-14(4-5-16(12)22)28(25,26)20-2/h3-6,9-11,20H,7-8H2,1-2H3,(H,21,23)/t11-/m1/s1. The third-order valence-electron chi connectivity index (χ3n) is 4.93. The van der Waals surface area contributed by atoms with Gasteiger partial charge in [0, 0.05) is 22.7 Å². The monoisotopic (exact) mass is 417 g/mol. The number of nitrogens with one attached hydrogen (secondary N) is 2. The van der Waals surface area contributed by atoms with Gasteiger partial charge in [0.15, 0.2) is 0 Å². The predicted octanol–water partition coefficient (Wildman–Crippen LogP) is 2.23. The molecular formula is C19H19N3O4S2. The summed E-state index contributed by atoms with van der Waals surface area (Å²) in [5.41, 5.74) is 2.66. The molecule has 0 aromatic heterocycles. The number of hydrogen-bond donors (Lipinski definition) is 2.